The first-order valence-corrected chi connectivity index (χ1v) is 11.6. The van der Waals surface area contributed by atoms with Gasteiger partial charge in [-0.1, -0.05) is 37.3 Å². The maximum Gasteiger partial charge on any atom is 0.324 e. The van der Waals surface area contributed by atoms with Crippen molar-refractivity contribution >= 4 is 17.4 Å². The molecule has 4 rings (SSSR count). The molecule has 0 N–H and O–H groups in total. The van der Waals surface area contributed by atoms with Gasteiger partial charge < -0.3 is 14.5 Å². The number of hydrogen-bond donors (Lipinski definition) is 0. The first kappa shape index (κ1) is 21.5. The zero-order chi connectivity index (χ0) is 21.5. The number of urea groups is 1. The highest BCUT2D eigenvalue weighted by molar-refractivity contribution is 5.94. The molecule has 2 fully saturated rings. The van der Waals surface area contributed by atoms with E-state index in [4.69, 9.17) is 4.74 Å². The minimum atomic E-state index is 0.139. The molecule has 6 heteroatoms. The number of para-hydroxylation sites is 3. The van der Waals surface area contributed by atoms with Crippen molar-refractivity contribution in [3.05, 3.63) is 54.6 Å². The molecule has 2 aliphatic heterocycles. The number of carbonyl (C=O) groups is 1. The Bertz CT molecular complexity index is 836. The van der Waals surface area contributed by atoms with Crippen LogP contribution in [0.5, 0.6) is 5.75 Å². The summed E-state index contributed by atoms with van der Waals surface area (Å²) in [5.41, 5.74) is 2.20. The third-order valence-electron chi connectivity index (χ3n) is 6.11. The van der Waals surface area contributed by atoms with Crippen molar-refractivity contribution in [2.75, 3.05) is 68.8 Å². The van der Waals surface area contributed by atoms with Crippen molar-refractivity contribution in [3.8, 4) is 5.75 Å². The zero-order valence-corrected chi connectivity index (χ0v) is 18.6. The standard InChI is InChI=1S/C25H34N4O2/c1-2-21-31-24-12-7-6-11-23(24)27-17-15-26(16-18-27)13-8-14-28-19-20-29(25(28)30)22-9-4-3-5-10-22/h3-7,9-12H,2,8,13-21H2,1H3. The summed E-state index contributed by atoms with van der Waals surface area (Å²) >= 11 is 0. The van der Waals surface area contributed by atoms with Crippen LogP contribution in [0.1, 0.15) is 19.8 Å². The Labute approximate surface area is 186 Å². The molecule has 0 unspecified atom stereocenters. The molecule has 2 aromatic rings. The molecule has 0 radical (unpaired) electrons. The van der Waals surface area contributed by atoms with Crippen LogP contribution in [0, 0.1) is 0 Å². The van der Waals surface area contributed by atoms with E-state index in [0.29, 0.717) is 0 Å². The Morgan fingerprint density at radius 2 is 1.58 bits per heavy atom. The van der Waals surface area contributed by atoms with E-state index in [2.05, 4.69) is 34.9 Å². The van der Waals surface area contributed by atoms with Crippen LogP contribution in [-0.2, 0) is 0 Å². The molecule has 2 amide bonds. The topological polar surface area (TPSA) is 39.3 Å². The number of carbonyl (C=O) groups excluding carboxylic acids is 1. The average molecular weight is 423 g/mol. The van der Waals surface area contributed by atoms with Gasteiger partial charge in [0.1, 0.15) is 5.75 Å². The summed E-state index contributed by atoms with van der Waals surface area (Å²) < 4.78 is 5.94. The molecule has 0 spiro atoms. The fraction of sp³-hybridized carbons (Fsp3) is 0.480. The van der Waals surface area contributed by atoms with Gasteiger partial charge in [-0.15, -0.1) is 0 Å². The van der Waals surface area contributed by atoms with Gasteiger partial charge in [-0.25, -0.2) is 4.79 Å². The Kier molecular flexibility index (Phi) is 7.30. The van der Waals surface area contributed by atoms with Gasteiger partial charge in [0.25, 0.3) is 0 Å². The quantitative estimate of drug-likeness (QED) is 0.614. The monoisotopic (exact) mass is 422 g/mol. The first-order valence-electron chi connectivity index (χ1n) is 11.6. The second-order valence-electron chi connectivity index (χ2n) is 8.26. The normalized spacial score (nSPS) is 17.5. The van der Waals surface area contributed by atoms with Gasteiger partial charge in [0, 0.05) is 51.5 Å². The van der Waals surface area contributed by atoms with Gasteiger partial charge in [0.05, 0.1) is 12.3 Å². The number of nitrogens with zero attached hydrogens (tertiary/aromatic N) is 4. The van der Waals surface area contributed by atoms with Crippen LogP contribution in [0.3, 0.4) is 0 Å². The molecule has 0 saturated carbocycles. The van der Waals surface area contributed by atoms with Crippen LogP contribution in [0.4, 0.5) is 16.2 Å². The molecule has 0 bridgehead atoms. The molecule has 31 heavy (non-hydrogen) atoms. The third-order valence-corrected chi connectivity index (χ3v) is 6.11. The number of piperazine rings is 1. The lowest BCUT2D eigenvalue weighted by molar-refractivity contribution is 0.210. The molecule has 166 valence electrons. The fourth-order valence-electron chi connectivity index (χ4n) is 4.39. The van der Waals surface area contributed by atoms with E-state index in [1.54, 1.807) is 0 Å². The summed E-state index contributed by atoms with van der Waals surface area (Å²) in [4.78, 5) is 21.5. The van der Waals surface area contributed by atoms with Crippen LogP contribution in [0.15, 0.2) is 54.6 Å². The van der Waals surface area contributed by atoms with Gasteiger partial charge >= 0.3 is 6.03 Å². The molecule has 0 atom stereocenters. The van der Waals surface area contributed by atoms with E-state index in [0.717, 1.165) is 83.2 Å². The highest BCUT2D eigenvalue weighted by Crippen LogP contribution is 2.29. The molecule has 6 nitrogen and oxygen atoms in total. The molecule has 2 aromatic carbocycles. The van der Waals surface area contributed by atoms with E-state index in [1.165, 1.54) is 5.69 Å². The van der Waals surface area contributed by atoms with Crippen molar-refractivity contribution in [1.29, 1.82) is 0 Å². The molecule has 2 saturated heterocycles. The summed E-state index contributed by atoms with van der Waals surface area (Å²) in [6.45, 7) is 10.5. The van der Waals surface area contributed by atoms with E-state index in [-0.39, 0.29) is 6.03 Å². The number of ether oxygens (including phenoxy) is 1. The molecular formula is C25H34N4O2. The van der Waals surface area contributed by atoms with Crippen LogP contribution in [0.25, 0.3) is 0 Å². The second kappa shape index (κ2) is 10.5. The van der Waals surface area contributed by atoms with Crippen LogP contribution in [-0.4, -0.2) is 74.8 Å². The Morgan fingerprint density at radius 3 is 2.35 bits per heavy atom. The van der Waals surface area contributed by atoms with Crippen molar-refractivity contribution in [1.82, 2.24) is 9.80 Å². The Morgan fingerprint density at radius 1 is 0.839 bits per heavy atom. The number of hydrogen-bond acceptors (Lipinski definition) is 4. The second-order valence-corrected chi connectivity index (χ2v) is 8.26. The van der Waals surface area contributed by atoms with Crippen molar-refractivity contribution in [3.63, 3.8) is 0 Å². The molecule has 0 aliphatic carbocycles. The Balaban J connectivity index is 1.21. The van der Waals surface area contributed by atoms with E-state index in [9.17, 15) is 4.79 Å². The largest absolute Gasteiger partial charge is 0.491 e. The van der Waals surface area contributed by atoms with Crippen molar-refractivity contribution in [2.45, 2.75) is 19.8 Å². The lowest BCUT2D eigenvalue weighted by Crippen LogP contribution is -2.47. The number of amides is 2. The predicted octanol–water partition coefficient (Wildman–Crippen LogP) is 3.93. The number of anilines is 2. The van der Waals surface area contributed by atoms with Crippen LogP contribution in [0.2, 0.25) is 0 Å². The molecule has 0 aromatic heterocycles. The zero-order valence-electron chi connectivity index (χ0n) is 18.6. The summed E-state index contributed by atoms with van der Waals surface area (Å²) in [7, 11) is 0. The SMILES string of the molecule is CCCOc1ccccc1N1CCN(CCCN2CCN(c3ccccc3)C2=O)CC1. The smallest absolute Gasteiger partial charge is 0.324 e. The van der Waals surface area contributed by atoms with Gasteiger partial charge in [0.15, 0.2) is 0 Å². The van der Waals surface area contributed by atoms with Crippen molar-refractivity contribution < 1.29 is 9.53 Å². The van der Waals surface area contributed by atoms with Crippen LogP contribution < -0.4 is 14.5 Å². The lowest BCUT2D eigenvalue weighted by atomic mass is 10.2. The summed E-state index contributed by atoms with van der Waals surface area (Å²) in [5, 5.41) is 0. The number of rotatable bonds is 9. The first-order chi connectivity index (χ1) is 15.3. The van der Waals surface area contributed by atoms with Gasteiger partial charge in [-0.2, -0.15) is 0 Å². The minimum absolute atomic E-state index is 0.139. The summed E-state index contributed by atoms with van der Waals surface area (Å²) in [6.07, 6.45) is 2.04. The average Bonchev–Trinajstić information content (AvgIpc) is 3.19. The highest BCUT2D eigenvalue weighted by Gasteiger charge is 2.29. The third kappa shape index (κ3) is 5.31. The fourth-order valence-corrected chi connectivity index (χ4v) is 4.39. The number of benzene rings is 2. The summed E-state index contributed by atoms with van der Waals surface area (Å²) in [6, 6.07) is 18.5. The van der Waals surface area contributed by atoms with E-state index in [1.807, 2.05) is 46.2 Å². The Hall–Kier alpha value is -2.73. The lowest BCUT2D eigenvalue weighted by Gasteiger charge is -2.37. The van der Waals surface area contributed by atoms with Crippen molar-refractivity contribution in [2.24, 2.45) is 0 Å². The maximum absolute atomic E-state index is 12.7. The highest BCUT2D eigenvalue weighted by atomic mass is 16.5. The van der Waals surface area contributed by atoms with E-state index >= 15 is 0 Å². The molecular weight excluding hydrogens is 388 g/mol. The van der Waals surface area contributed by atoms with Gasteiger partial charge in [0.2, 0.25) is 0 Å². The summed E-state index contributed by atoms with van der Waals surface area (Å²) in [5.74, 6) is 0.994. The van der Waals surface area contributed by atoms with E-state index < -0.39 is 0 Å². The maximum atomic E-state index is 12.7. The van der Waals surface area contributed by atoms with Gasteiger partial charge in [-0.3, -0.25) is 9.80 Å². The molecule has 2 aliphatic rings. The minimum Gasteiger partial charge on any atom is -0.491 e. The van der Waals surface area contributed by atoms with Crippen LogP contribution >= 0.6 is 0 Å². The predicted molar refractivity (Wildman–Crippen MR) is 126 cm³/mol. The van der Waals surface area contributed by atoms with Gasteiger partial charge in [-0.05, 0) is 43.7 Å². The molecule has 2 heterocycles.